The number of nitrogens with one attached hydrogen (secondary N) is 1. The summed E-state index contributed by atoms with van der Waals surface area (Å²) in [5, 5.41) is 3.37. The van der Waals surface area contributed by atoms with Gasteiger partial charge in [0.2, 0.25) is 0 Å². The second-order valence-electron chi connectivity index (χ2n) is 6.54. The summed E-state index contributed by atoms with van der Waals surface area (Å²) >= 11 is 0. The predicted octanol–water partition coefficient (Wildman–Crippen LogP) is 2.23. The smallest absolute Gasteiger partial charge is 0.128 e. The van der Waals surface area contributed by atoms with Crippen LogP contribution in [0.3, 0.4) is 0 Å². The average Bonchev–Trinajstić information content (AvgIpc) is 2.49. The summed E-state index contributed by atoms with van der Waals surface area (Å²) in [6, 6.07) is 6.16. The lowest BCUT2D eigenvalue weighted by molar-refractivity contribution is 0.145. The number of anilines is 1. The van der Waals surface area contributed by atoms with Crippen LogP contribution in [0.5, 0.6) is 0 Å². The van der Waals surface area contributed by atoms with Crippen LogP contribution in [0.2, 0.25) is 0 Å². The maximum absolute atomic E-state index is 4.46. The van der Waals surface area contributed by atoms with Crippen molar-refractivity contribution in [2.75, 3.05) is 51.2 Å². The van der Waals surface area contributed by atoms with Crippen molar-refractivity contribution in [3.63, 3.8) is 0 Å². The highest BCUT2D eigenvalue weighted by atomic mass is 15.3. The van der Waals surface area contributed by atoms with Crippen LogP contribution in [0.4, 0.5) is 5.82 Å². The molecule has 0 saturated carbocycles. The maximum Gasteiger partial charge on any atom is 0.128 e. The Morgan fingerprint density at radius 1 is 1.24 bits per heavy atom. The number of pyridine rings is 1. The van der Waals surface area contributed by atoms with Crippen molar-refractivity contribution < 1.29 is 0 Å². The van der Waals surface area contributed by atoms with Gasteiger partial charge in [0.15, 0.2) is 0 Å². The van der Waals surface area contributed by atoms with Crippen LogP contribution >= 0.6 is 0 Å². The quantitative estimate of drug-likeness (QED) is 0.834. The minimum absolute atomic E-state index is 0.386. The van der Waals surface area contributed by atoms with E-state index < -0.39 is 0 Å². The van der Waals surface area contributed by atoms with Crippen molar-refractivity contribution in [1.82, 2.24) is 15.2 Å². The molecule has 21 heavy (non-hydrogen) atoms. The molecule has 0 aliphatic carbocycles. The number of hydrogen-bond donors (Lipinski definition) is 1. The van der Waals surface area contributed by atoms with E-state index in [1.54, 1.807) is 0 Å². The molecule has 1 aliphatic rings. The third kappa shape index (κ3) is 4.68. The Balaban J connectivity index is 1.86. The first-order chi connectivity index (χ1) is 10.2. The highest BCUT2D eigenvalue weighted by Gasteiger charge is 2.27. The summed E-state index contributed by atoms with van der Waals surface area (Å²) in [6.07, 6.45) is 4.42. The minimum Gasteiger partial charge on any atom is -0.354 e. The Morgan fingerprint density at radius 3 is 2.57 bits per heavy atom. The highest BCUT2D eigenvalue weighted by molar-refractivity contribution is 5.38. The molecular formula is C17H30N4. The number of nitrogens with zero attached hydrogens (tertiary/aromatic N) is 3. The summed E-state index contributed by atoms with van der Waals surface area (Å²) < 4.78 is 0. The van der Waals surface area contributed by atoms with Gasteiger partial charge in [0.25, 0.3) is 0 Å². The van der Waals surface area contributed by atoms with Crippen molar-refractivity contribution in [2.45, 2.75) is 26.7 Å². The predicted molar refractivity (Wildman–Crippen MR) is 89.8 cm³/mol. The number of rotatable bonds is 7. The molecule has 0 amide bonds. The average molecular weight is 290 g/mol. The van der Waals surface area contributed by atoms with Gasteiger partial charge in [-0.1, -0.05) is 26.3 Å². The molecule has 1 N–H and O–H groups in total. The van der Waals surface area contributed by atoms with Gasteiger partial charge in [0, 0.05) is 45.5 Å². The van der Waals surface area contributed by atoms with Gasteiger partial charge in [0.1, 0.15) is 5.82 Å². The molecule has 2 heterocycles. The van der Waals surface area contributed by atoms with E-state index in [0.29, 0.717) is 5.41 Å². The first-order valence-electron chi connectivity index (χ1n) is 8.20. The van der Waals surface area contributed by atoms with E-state index in [1.807, 2.05) is 12.3 Å². The van der Waals surface area contributed by atoms with Crippen LogP contribution in [-0.4, -0.2) is 56.2 Å². The lowest BCUT2D eigenvalue weighted by atomic mass is 9.84. The number of piperazine rings is 1. The van der Waals surface area contributed by atoms with Crippen molar-refractivity contribution >= 4 is 5.82 Å². The summed E-state index contributed by atoms with van der Waals surface area (Å²) in [4.78, 5) is 9.47. The highest BCUT2D eigenvalue weighted by Crippen LogP contribution is 2.25. The topological polar surface area (TPSA) is 31.4 Å². The fraction of sp³-hybridized carbons (Fsp3) is 0.706. The van der Waals surface area contributed by atoms with Crippen LogP contribution < -0.4 is 10.2 Å². The first-order valence-corrected chi connectivity index (χ1v) is 8.20. The van der Waals surface area contributed by atoms with Crippen LogP contribution in [0, 0.1) is 5.41 Å². The lowest BCUT2D eigenvalue weighted by Crippen LogP contribution is -2.51. The summed E-state index contributed by atoms with van der Waals surface area (Å²) in [6.45, 7) is 11.4. The van der Waals surface area contributed by atoms with E-state index >= 15 is 0 Å². The molecule has 1 aromatic heterocycles. The van der Waals surface area contributed by atoms with Crippen molar-refractivity contribution in [3.05, 3.63) is 24.4 Å². The molecule has 0 aromatic carbocycles. The Kier molecular flexibility index (Phi) is 6.00. The standard InChI is InChI=1S/C17H30N4/c1-4-8-17(2,14-18-3)15-20-10-12-21(13-11-20)16-7-5-6-9-19-16/h5-7,9,18H,4,8,10-15H2,1-3H3. The van der Waals surface area contributed by atoms with Gasteiger partial charge in [-0.05, 0) is 31.0 Å². The summed E-state index contributed by atoms with van der Waals surface area (Å²) in [7, 11) is 2.06. The molecular weight excluding hydrogens is 260 g/mol. The summed E-state index contributed by atoms with van der Waals surface area (Å²) in [5.74, 6) is 1.11. The van der Waals surface area contributed by atoms with E-state index in [4.69, 9.17) is 0 Å². The molecule has 1 fully saturated rings. The fourth-order valence-electron chi connectivity index (χ4n) is 3.47. The third-order valence-electron chi connectivity index (χ3n) is 4.41. The van der Waals surface area contributed by atoms with Crippen LogP contribution in [0.15, 0.2) is 24.4 Å². The SMILES string of the molecule is CCCC(C)(CNC)CN1CCN(c2ccccn2)CC1. The second-order valence-corrected chi connectivity index (χ2v) is 6.54. The largest absolute Gasteiger partial charge is 0.354 e. The van der Waals surface area contributed by atoms with Crippen molar-refractivity contribution in [3.8, 4) is 0 Å². The van der Waals surface area contributed by atoms with E-state index in [2.05, 4.69) is 53.1 Å². The van der Waals surface area contributed by atoms with E-state index in [9.17, 15) is 0 Å². The molecule has 0 radical (unpaired) electrons. The maximum atomic E-state index is 4.46. The van der Waals surface area contributed by atoms with Crippen molar-refractivity contribution in [1.29, 1.82) is 0 Å². The molecule has 0 spiro atoms. The van der Waals surface area contributed by atoms with Crippen LogP contribution in [-0.2, 0) is 0 Å². The van der Waals surface area contributed by atoms with Gasteiger partial charge < -0.3 is 10.2 Å². The Hall–Kier alpha value is -1.13. The van der Waals surface area contributed by atoms with E-state index in [0.717, 1.165) is 38.5 Å². The molecule has 1 saturated heterocycles. The van der Waals surface area contributed by atoms with Crippen LogP contribution in [0.1, 0.15) is 26.7 Å². The normalized spacial score (nSPS) is 19.5. The molecule has 0 bridgehead atoms. The van der Waals surface area contributed by atoms with Gasteiger partial charge in [0.05, 0.1) is 0 Å². The second kappa shape index (κ2) is 7.76. The monoisotopic (exact) mass is 290 g/mol. The molecule has 2 rings (SSSR count). The molecule has 1 atom stereocenters. The minimum atomic E-state index is 0.386. The summed E-state index contributed by atoms with van der Waals surface area (Å²) in [5.41, 5.74) is 0.386. The molecule has 4 heteroatoms. The number of hydrogen-bond acceptors (Lipinski definition) is 4. The third-order valence-corrected chi connectivity index (χ3v) is 4.41. The molecule has 1 unspecified atom stereocenters. The zero-order valence-electron chi connectivity index (χ0n) is 13.8. The Labute approximate surface area is 129 Å². The van der Waals surface area contributed by atoms with Crippen molar-refractivity contribution in [2.24, 2.45) is 5.41 Å². The zero-order chi connectivity index (χ0) is 15.1. The van der Waals surface area contributed by atoms with E-state index in [-0.39, 0.29) is 0 Å². The van der Waals surface area contributed by atoms with Gasteiger partial charge in [-0.15, -0.1) is 0 Å². The van der Waals surface area contributed by atoms with Gasteiger partial charge >= 0.3 is 0 Å². The fourth-order valence-corrected chi connectivity index (χ4v) is 3.47. The van der Waals surface area contributed by atoms with Gasteiger partial charge in [-0.3, -0.25) is 4.90 Å². The van der Waals surface area contributed by atoms with Crippen LogP contribution in [0.25, 0.3) is 0 Å². The molecule has 118 valence electrons. The zero-order valence-corrected chi connectivity index (χ0v) is 13.8. The van der Waals surface area contributed by atoms with Gasteiger partial charge in [-0.25, -0.2) is 4.98 Å². The number of aromatic nitrogens is 1. The van der Waals surface area contributed by atoms with Gasteiger partial charge in [-0.2, -0.15) is 0 Å². The lowest BCUT2D eigenvalue weighted by Gasteiger charge is -2.40. The molecule has 1 aliphatic heterocycles. The molecule has 1 aromatic rings. The Bertz CT molecular complexity index is 393. The first kappa shape index (κ1) is 16.2. The molecule has 4 nitrogen and oxygen atoms in total. The van der Waals surface area contributed by atoms with E-state index in [1.165, 1.54) is 19.4 Å². The Morgan fingerprint density at radius 2 is 2.00 bits per heavy atom.